The van der Waals surface area contributed by atoms with E-state index in [0.717, 1.165) is 41.3 Å². The van der Waals surface area contributed by atoms with Crippen molar-refractivity contribution in [3.05, 3.63) is 77.8 Å². The molecular weight excluding hydrogens is 376 g/mol. The molecule has 1 aliphatic heterocycles. The van der Waals surface area contributed by atoms with Crippen molar-refractivity contribution in [3.63, 3.8) is 0 Å². The molecule has 2 aromatic heterocycles. The second-order valence-corrected chi connectivity index (χ2v) is 7.73. The van der Waals surface area contributed by atoms with Gasteiger partial charge in [0.05, 0.1) is 5.92 Å². The van der Waals surface area contributed by atoms with Crippen LogP contribution in [0.1, 0.15) is 40.6 Å². The number of hydrogen-bond donors (Lipinski definition) is 0. The lowest BCUT2D eigenvalue weighted by Gasteiger charge is -2.31. The average Bonchev–Trinajstić information content (AvgIpc) is 3.29. The van der Waals surface area contributed by atoms with Crippen molar-refractivity contribution in [2.24, 2.45) is 0 Å². The summed E-state index contributed by atoms with van der Waals surface area (Å²) in [5.74, 6) is 1.09. The number of hydrogen-bond acceptors (Lipinski definition) is 5. The van der Waals surface area contributed by atoms with E-state index in [-0.39, 0.29) is 11.8 Å². The van der Waals surface area contributed by atoms with E-state index in [2.05, 4.69) is 15.2 Å². The number of carbonyl (C=O) groups is 1. The van der Waals surface area contributed by atoms with Gasteiger partial charge >= 0.3 is 0 Å². The maximum atomic E-state index is 13.0. The Balaban J connectivity index is 1.40. The molecule has 5 rings (SSSR count). The molecule has 1 atom stereocenters. The molecule has 2 aromatic carbocycles. The molecule has 0 aliphatic carbocycles. The number of aryl methyl sites for hydroxylation is 1. The molecule has 30 heavy (non-hydrogen) atoms. The number of likely N-dealkylation sites (tertiary alicyclic amines) is 1. The number of nitrogens with zero attached hydrogens (tertiary/aromatic N) is 4. The molecule has 1 fully saturated rings. The monoisotopic (exact) mass is 398 g/mol. The first-order valence-corrected chi connectivity index (χ1v) is 10.2. The summed E-state index contributed by atoms with van der Waals surface area (Å²) in [7, 11) is 0. The summed E-state index contributed by atoms with van der Waals surface area (Å²) in [5.41, 5.74) is 2.44. The van der Waals surface area contributed by atoms with E-state index in [1.807, 2.05) is 66.4 Å². The highest BCUT2D eigenvalue weighted by molar-refractivity contribution is 5.95. The summed E-state index contributed by atoms with van der Waals surface area (Å²) >= 11 is 0. The van der Waals surface area contributed by atoms with Gasteiger partial charge < -0.3 is 9.32 Å². The minimum atomic E-state index is 0.0305. The smallest absolute Gasteiger partial charge is 0.266 e. The molecule has 0 bridgehead atoms. The van der Waals surface area contributed by atoms with Crippen LogP contribution in [0.3, 0.4) is 0 Å². The Morgan fingerprint density at radius 3 is 2.80 bits per heavy atom. The quantitative estimate of drug-likeness (QED) is 0.504. The highest BCUT2D eigenvalue weighted by Gasteiger charge is 2.29. The molecule has 150 valence electrons. The third kappa shape index (κ3) is 3.34. The van der Waals surface area contributed by atoms with Crippen LogP contribution in [0.15, 0.2) is 65.2 Å². The van der Waals surface area contributed by atoms with Crippen molar-refractivity contribution >= 4 is 16.7 Å². The van der Waals surface area contributed by atoms with Crippen LogP contribution < -0.4 is 0 Å². The summed E-state index contributed by atoms with van der Waals surface area (Å²) < 4.78 is 6.05. The molecule has 6 nitrogen and oxygen atoms in total. The van der Waals surface area contributed by atoms with Gasteiger partial charge in [-0.1, -0.05) is 42.5 Å². The molecule has 1 aliphatic rings. The predicted octanol–water partition coefficient (Wildman–Crippen LogP) is 4.61. The van der Waals surface area contributed by atoms with Gasteiger partial charge in [-0.3, -0.25) is 9.78 Å². The zero-order valence-electron chi connectivity index (χ0n) is 16.8. The number of rotatable bonds is 3. The molecule has 6 heteroatoms. The first-order chi connectivity index (χ1) is 14.7. The summed E-state index contributed by atoms with van der Waals surface area (Å²) in [6.45, 7) is 3.30. The maximum absolute atomic E-state index is 13.0. The zero-order valence-corrected chi connectivity index (χ0v) is 16.8. The molecule has 1 amide bonds. The topological polar surface area (TPSA) is 72.1 Å². The lowest BCUT2D eigenvalue weighted by molar-refractivity contribution is 0.0697. The van der Waals surface area contributed by atoms with Gasteiger partial charge in [0.15, 0.2) is 0 Å². The van der Waals surface area contributed by atoms with Crippen molar-refractivity contribution in [3.8, 4) is 11.6 Å². The van der Waals surface area contributed by atoms with Crippen molar-refractivity contribution in [2.45, 2.75) is 25.7 Å². The molecule has 1 saturated heterocycles. The molecule has 4 aromatic rings. The van der Waals surface area contributed by atoms with E-state index in [9.17, 15) is 4.79 Å². The molecule has 3 heterocycles. The number of benzene rings is 2. The Labute approximate surface area is 174 Å². The first-order valence-electron chi connectivity index (χ1n) is 10.2. The highest BCUT2D eigenvalue weighted by Crippen LogP contribution is 2.31. The van der Waals surface area contributed by atoms with Crippen LogP contribution in [0, 0.1) is 6.92 Å². The summed E-state index contributed by atoms with van der Waals surface area (Å²) in [5, 5.41) is 10.6. The van der Waals surface area contributed by atoms with Crippen molar-refractivity contribution in [1.29, 1.82) is 0 Å². The maximum Gasteiger partial charge on any atom is 0.266 e. The molecule has 0 radical (unpaired) electrons. The third-order valence-electron chi connectivity index (χ3n) is 5.75. The van der Waals surface area contributed by atoms with Gasteiger partial charge in [0, 0.05) is 30.2 Å². The summed E-state index contributed by atoms with van der Waals surface area (Å²) in [6, 6.07) is 17.7. The van der Waals surface area contributed by atoms with Crippen molar-refractivity contribution in [2.75, 3.05) is 13.1 Å². The fourth-order valence-corrected chi connectivity index (χ4v) is 4.13. The van der Waals surface area contributed by atoms with Crippen LogP contribution >= 0.6 is 0 Å². The Bertz CT molecular complexity index is 1210. The third-order valence-corrected chi connectivity index (χ3v) is 5.75. The predicted molar refractivity (Wildman–Crippen MR) is 114 cm³/mol. The second-order valence-electron chi connectivity index (χ2n) is 7.73. The van der Waals surface area contributed by atoms with Crippen LogP contribution in [0.2, 0.25) is 0 Å². The highest BCUT2D eigenvalue weighted by atomic mass is 16.4. The van der Waals surface area contributed by atoms with E-state index in [1.165, 1.54) is 0 Å². The Kier molecular flexibility index (Phi) is 4.75. The van der Waals surface area contributed by atoms with Gasteiger partial charge in [-0.25, -0.2) is 0 Å². The SMILES string of the molecule is Cc1ccccc1C(=O)N1CCC[C@H](c2nnc(-c3nccc4ccccc34)o2)C1. The van der Waals surface area contributed by atoms with Crippen LogP contribution in [0.5, 0.6) is 0 Å². The molecule has 0 saturated carbocycles. The first kappa shape index (κ1) is 18.5. The fourth-order valence-electron chi connectivity index (χ4n) is 4.13. The number of aromatic nitrogens is 3. The normalized spacial score (nSPS) is 16.7. The van der Waals surface area contributed by atoms with E-state index >= 15 is 0 Å². The number of pyridine rings is 1. The van der Waals surface area contributed by atoms with Gasteiger partial charge in [-0.2, -0.15) is 0 Å². The number of carbonyl (C=O) groups excluding carboxylic acids is 1. The van der Waals surface area contributed by atoms with Crippen LogP contribution in [0.25, 0.3) is 22.4 Å². The number of amides is 1. The average molecular weight is 398 g/mol. The number of piperidine rings is 1. The second kappa shape index (κ2) is 7.71. The van der Waals surface area contributed by atoms with Crippen molar-refractivity contribution < 1.29 is 9.21 Å². The van der Waals surface area contributed by atoms with E-state index in [1.54, 1.807) is 6.20 Å². The van der Waals surface area contributed by atoms with Crippen LogP contribution in [-0.4, -0.2) is 39.1 Å². The van der Waals surface area contributed by atoms with Gasteiger partial charge in [-0.15, -0.1) is 10.2 Å². The Morgan fingerprint density at radius 2 is 1.90 bits per heavy atom. The van der Waals surface area contributed by atoms with Gasteiger partial charge in [0.1, 0.15) is 5.69 Å². The lowest BCUT2D eigenvalue weighted by Crippen LogP contribution is -2.39. The minimum Gasteiger partial charge on any atom is -0.419 e. The van der Waals surface area contributed by atoms with E-state index < -0.39 is 0 Å². The fraction of sp³-hybridized carbons (Fsp3) is 0.250. The Morgan fingerprint density at radius 1 is 1.07 bits per heavy atom. The van der Waals surface area contributed by atoms with Gasteiger partial charge in [-0.05, 0) is 42.8 Å². The molecule has 0 spiro atoms. The van der Waals surface area contributed by atoms with Crippen LogP contribution in [0.4, 0.5) is 0 Å². The van der Waals surface area contributed by atoms with Gasteiger partial charge in [0.2, 0.25) is 5.89 Å². The molecule has 0 unspecified atom stereocenters. The lowest BCUT2D eigenvalue weighted by atomic mass is 9.97. The van der Waals surface area contributed by atoms with Crippen molar-refractivity contribution in [1.82, 2.24) is 20.1 Å². The largest absolute Gasteiger partial charge is 0.419 e. The van der Waals surface area contributed by atoms with E-state index in [4.69, 9.17) is 4.42 Å². The van der Waals surface area contributed by atoms with E-state index in [0.29, 0.717) is 24.0 Å². The van der Waals surface area contributed by atoms with Crippen LogP contribution in [-0.2, 0) is 0 Å². The Hall–Kier alpha value is -3.54. The standard InChI is InChI=1S/C24H22N4O2/c1-16-7-2-4-10-19(16)24(29)28-14-6-9-18(15-28)22-26-27-23(30-22)21-20-11-5-3-8-17(20)12-13-25-21/h2-5,7-8,10-13,18H,6,9,14-15H2,1H3/t18-/m0/s1. The summed E-state index contributed by atoms with van der Waals surface area (Å²) in [4.78, 5) is 19.4. The minimum absolute atomic E-state index is 0.0305. The summed E-state index contributed by atoms with van der Waals surface area (Å²) in [6.07, 6.45) is 3.58. The molecule has 0 N–H and O–H groups in total. The number of fused-ring (bicyclic) bond motifs is 1. The van der Waals surface area contributed by atoms with Gasteiger partial charge in [0.25, 0.3) is 11.8 Å². The molecular formula is C24H22N4O2. The zero-order chi connectivity index (χ0) is 20.5.